The van der Waals surface area contributed by atoms with E-state index in [9.17, 15) is 19.5 Å². The molecule has 53 heavy (non-hydrogen) atoms. The van der Waals surface area contributed by atoms with Crippen LogP contribution < -0.4 is 5.11 Å². The molecule has 0 aromatic rings. The van der Waals surface area contributed by atoms with Crippen LogP contribution in [-0.2, 0) is 28.6 Å². The van der Waals surface area contributed by atoms with Crippen molar-refractivity contribution in [2.75, 3.05) is 41.0 Å². The van der Waals surface area contributed by atoms with Gasteiger partial charge >= 0.3 is 11.9 Å². The average Bonchev–Trinajstić information content (AvgIpc) is 3.11. The molecule has 8 heteroatoms. The van der Waals surface area contributed by atoms with Crippen molar-refractivity contribution < 1.29 is 38.2 Å². The third-order valence-corrected chi connectivity index (χ3v) is 7.97. The number of quaternary nitrogens is 1. The number of unbranched alkanes of at least 4 members (excludes halogenated alkanes) is 3. The van der Waals surface area contributed by atoms with E-state index in [0.29, 0.717) is 12.8 Å². The fourth-order valence-electron chi connectivity index (χ4n) is 4.94. The number of hydrogen-bond donors (Lipinski definition) is 0. The Labute approximate surface area is 322 Å². The minimum absolute atomic E-state index is 0.00116. The third-order valence-electron chi connectivity index (χ3n) is 7.97. The molecule has 0 amide bonds. The summed E-state index contributed by atoms with van der Waals surface area (Å²) >= 11 is 0. The molecule has 0 aliphatic rings. The van der Waals surface area contributed by atoms with Crippen molar-refractivity contribution in [3.8, 4) is 0 Å². The number of carboxylic acid groups (broad SMARTS) is 1. The molecule has 2 atom stereocenters. The van der Waals surface area contributed by atoms with Crippen LogP contribution in [0.3, 0.4) is 0 Å². The molecule has 0 aromatic heterocycles. The predicted octanol–water partition coefficient (Wildman–Crippen LogP) is 9.01. The summed E-state index contributed by atoms with van der Waals surface area (Å²) in [7, 11) is 5.35. The van der Waals surface area contributed by atoms with Crippen LogP contribution in [0.5, 0.6) is 0 Å². The number of rotatable bonds is 33. The number of likely N-dealkylation sites (N-methyl/N-ethyl adjacent to an activating group) is 1. The topological polar surface area (TPSA) is 102 Å². The lowest BCUT2D eigenvalue weighted by atomic mass is 10.1. The SMILES string of the molecule is CC/C=C/C/C=C/C/C=C/C/C=C/C/C=C/CCCC(=O)OC(COCCC(C(=O)[O-])[N+](C)(C)C)COC(=O)CCCC/C=C/C/C=C/C/C=C/CC. The summed E-state index contributed by atoms with van der Waals surface area (Å²) in [6, 6.07) is -0.746. The van der Waals surface area contributed by atoms with Crippen LogP contribution in [-0.4, -0.2) is 75.5 Å². The van der Waals surface area contributed by atoms with Crippen LogP contribution >= 0.6 is 0 Å². The van der Waals surface area contributed by atoms with E-state index in [2.05, 4.69) is 111 Å². The Bertz CT molecular complexity index is 1180. The number of aliphatic carboxylic acids is 1. The highest BCUT2D eigenvalue weighted by molar-refractivity contribution is 5.70. The number of ether oxygens (including phenoxy) is 3. The van der Waals surface area contributed by atoms with Crippen molar-refractivity contribution in [3.05, 3.63) is 97.2 Å². The Hall–Kier alpha value is -3.75. The van der Waals surface area contributed by atoms with Gasteiger partial charge in [-0.2, -0.15) is 0 Å². The van der Waals surface area contributed by atoms with Crippen LogP contribution in [0.4, 0.5) is 0 Å². The fraction of sp³-hybridized carbons (Fsp3) is 0.578. The second kappa shape index (κ2) is 35.3. The first kappa shape index (κ1) is 49.2. The molecule has 0 radical (unpaired) electrons. The van der Waals surface area contributed by atoms with E-state index < -0.39 is 18.1 Å². The van der Waals surface area contributed by atoms with Crippen molar-refractivity contribution in [1.29, 1.82) is 0 Å². The molecule has 8 nitrogen and oxygen atoms in total. The van der Waals surface area contributed by atoms with Crippen LogP contribution in [0.2, 0.25) is 0 Å². The number of hydrogen-bond acceptors (Lipinski definition) is 7. The molecule has 2 unspecified atom stereocenters. The molecule has 298 valence electrons. The number of carbonyl (C=O) groups is 3. The predicted molar refractivity (Wildman–Crippen MR) is 217 cm³/mol. The van der Waals surface area contributed by atoms with Gasteiger partial charge in [-0.25, -0.2) is 0 Å². The van der Waals surface area contributed by atoms with Gasteiger partial charge in [0.25, 0.3) is 0 Å². The maximum Gasteiger partial charge on any atom is 0.306 e. The first-order chi connectivity index (χ1) is 25.6. The molecular weight excluding hydrogens is 666 g/mol. The highest BCUT2D eigenvalue weighted by atomic mass is 16.6. The van der Waals surface area contributed by atoms with Crippen LogP contribution in [0, 0.1) is 0 Å². The number of carboxylic acids is 1. The zero-order valence-corrected chi connectivity index (χ0v) is 33.6. The quantitative estimate of drug-likeness (QED) is 0.0287. The third kappa shape index (κ3) is 33.8. The summed E-state index contributed by atoms with van der Waals surface area (Å²) in [5.74, 6) is -1.88. The smallest absolute Gasteiger partial charge is 0.306 e. The summed E-state index contributed by atoms with van der Waals surface area (Å²) in [5, 5.41) is 11.6. The number of esters is 2. The van der Waals surface area contributed by atoms with Gasteiger partial charge in [0.15, 0.2) is 6.10 Å². The molecule has 0 N–H and O–H groups in total. The summed E-state index contributed by atoms with van der Waals surface area (Å²) in [6.45, 7) is 4.28. The number of allylic oxidation sites excluding steroid dienone is 16. The normalized spacial score (nSPS) is 14.1. The van der Waals surface area contributed by atoms with Crippen LogP contribution in [0.15, 0.2) is 97.2 Å². The first-order valence-electron chi connectivity index (χ1n) is 19.8. The van der Waals surface area contributed by atoms with Crippen LogP contribution in [0.1, 0.15) is 117 Å². The minimum atomic E-state index is -1.15. The average molecular weight is 738 g/mol. The maximum atomic E-state index is 12.6. The second-order valence-electron chi connectivity index (χ2n) is 13.7. The Kier molecular flexibility index (Phi) is 32.8. The van der Waals surface area contributed by atoms with E-state index >= 15 is 0 Å². The van der Waals surface area contributed by atoms with Crippen LogP contribution in [0.25, 0.3) is 0 Å². The van der Waals surface area contributed by atoms with Crippen molar-refractivity contribution in [1.82, 2.24) is 0 Å². The molecule has 0 bridgehead atoms. The van der Waals surface area contributed by atoms with Crippen molar-refractivity contribution in [2.24, 2.45) is 0 Å². The lowest BCUT2D eigenvalue weighted by Crippen LogP contribution is -2.55. The van der Waals surface area contributed by atoms with E-state index in [4.69, 9.17) is 14.2 Å². The molecule has 0 aliphatic heterocycles. The second-order valence-corrected chi connectivity index (χ2v) is 13.7. The van der Waals surface area contributed by atoms with Gasteiger partial charge in [-0.15, -0.1) is 0 Å². The molecule has 0 aliphatic carbocycles. The Morgan fingerprint density at radius 3 is 1.45 bits per heavy atom. The van der Waals surface area contributed by atoms with E-state index in [-0.39, 0.29) is 55.5 Å². The first-order valence-corrected chi connectivity index (χ1v) is 19.8. The van der Waals surface area contributed by atoms with Crippen molar-refractivity contribution in [2.45, 2.75) is 129 Å². The number of carbonyl (C=O) groups excluding carboxylic acids is 3. The van der Waals surface area contributed by atoms with Crippen molar-refractivity contribution in [3.63, 3.8) is 0 Å². The molecule has 0 heterocycles. The van der Waals surface area contributed by atoms with Gasteiger partial charge in [0.1, 0.15) is 12.6 Å². The number of nitrogens with zero attached hydrogens (tertiary/aromatic N) is 1. The summed E-state index contributed by atoms with van der Waals surface area (Å²) in [5.41, 5.74) is 0. The van der Waals surface area contributed by atoms with Gasteiger partial charge in [0.05, 0.1) is 40.3 Å². The Morgan fingerprint density at radius 2 is 1.00 bits per heavy atom. The molecule has 0 spiro atoms. The minimum Gasteiger partial charge on any atom is -0.544 e. The van der Waals surface area contributed by atoms with Gasteiger partial charge in [-0.3, -0.25) is 9.59 Å². The van der Waals surface area contributed by atoms with Crippen molar-refractivity contribution >= 4 is 17.9 Å². The highest BCUT2D eigenvalue weighted by Gasteiger charge is 2.25. The molecule has 0 saturated heterocycles. The maximum absolute atomic E-state index is 12.6. The molecule has 0 saturated carbocycles. The lowest BCUT2D eigenvalue weighted by Gasteiger charge is -2.34. The molecular formula is C45H71NO7. The summed E-state index contributed by atoms with van der Waals surface area (Å²) in [4.78, 5) is 36.7. The van der Waals surface area contributed by atoms with E-state index in [1.165, 1.54) is 0 Å². The highest BCUT2D eigenvalue weighted by Crippen LogP contribution is 2.10. The van der Waals surface area contributed by atoms with Gasteiger partial charge in [0, 0.05) is 19.3 Å². The van der Waals surface area contributed by atoms with E-state index in [1.54, 1.807) is 21.1 Å². The summed E-state index contributed by atoms with van der Waals surface area (Å²) < 4.78 is 17.0. The molecule has 0 aromatic carbocycles. The standard InChI is InChI=1S/C45H71NO7/c1-6-8-10-12-14-16-18-20-21-22-23-24-26-28-30-32-34-36-44(48)53-41(39-51-38-37-42(45(49)50)46(3,4)5)40-52-43(47)35-33-31-29-27-25-19-17-15-13-11-9-7-2/h8-11,14-17,20-21,23-25,27-28,30,41-42H,6-7,12-13,18-19,22,26,29,31-40H2,1-5H3/b10-8+,11-9+,16-14+,17-15+,21-20+,24-23+,27-25+,30-28+. The fourth-order valence-corrected chi connectivity index (χ4v) is 4.94. The zero-order chi connectivity index (χ0) is 39.3. The molecule has 0 fully saturated rings. The van der Waals surface area contributed by atoms with Gasteiger partial charge in [0.2, 0.25) is 0 Å². The van der Waals surface area contributed by atoms with Gasteiger partial charge in [-0.05, 0) is 83.5 Å². The largest absolute Gasteiger partial charge is 0.544 e. The Balaban J connectivity index is 4.59. The van der Waals surface area contributed by atoms with E-state index in [1.807, 2.05) is 0 Å². The Morgan fingerprint density at radius 1 is 0.566 bits per heavy atom. The van der Waals surface area contributed by atoms with Gasteiger partial charge in [-0.1, -0.05) is 111 Å². The zero-order valence-electron chi connectivity index (χ0n) is 33.6. The van der Waals surface area contributed by atoms with Gasteiger partial charge < -0.3 is 28.6 Å². The monoisotopic (exact) mass is 738 g/mol. The lowest BCUT2D eigenvalue weighted by molar-refractivity contribution is -0.889. The summed E-state index contributed by atoms with van der Waals surface area (Å²) in [6.07, 6.45) is 45.9. The molecule has 0 rings (SSSR count). The van der Waals surface area contributed by atoms with E-state index in [0.717, 1.165) is 70.6 Å².